The highest BCUT2D eigenvalue weighted by molar-refractivity contribution is 5.95. The molecule has 8 N–H and O–H groups in total. The molecule has 1 saturated heterocycles. The third kappa shape index (κ3) is 8.88. The monoisotopic (exact) mass is 457 g/mol. The Kier molecular flexibility index (Phi) is 10.5. The molecule has 1 rings (SSSR count). The first kappa shape index (κ1) is 26.8. The number of carboxylic acids is 2. The van der Waals surface area contributed by atoms with E-state index in [2.05, 4.69) is 21.3 Å². The van der Waals surface area contributed by atoms with Crippen molar-refractivity contribution in [1.29, 1.82) is 0 Å². The number of nitrogens with one attached hydrogen (secondary N) is 4. The van der Waals surface area contributed by atoms with Gasteiger partial charge < -0.3 is 37.2 Å². The average Bonchev–Trinajstić information content (AvgIpc) is 3.22. The van der Waals surface area contributed by atoms with Crippen molar-refractivity contribution in [3.8, 4) is 0 Å². The third-order valence-electron chi connectivity index (χ3n) is 4.92. The molecular formula is C19H31N5O8. The molecule has 1 heterocycles. The lowest BCUT2D eigenvalue weighted by atomic mass is 10.0. The molecule has 0 radical (unpaired) electrons. The number of rotatable bonds is 13. The lowest BCUT2D eigenvalue weighted by Crippen LogP contribution is -2.58. The molecule has 1 aliphatic rings. The molecule has 13 nitrogen and oxygen atoms in total. The molecule has 0 aliphatic carbocycles. The van der Waals surface area contributed by atoms with Gasteiger partial charge in [-0.2, -0.15) is 0 Å². The van der Waals surface area contributed by atoms with Crippen LogP contribution in [0.3, 0.4) is 0 Å². The minimum Gasteiger partial charge on any atom is -0.481 e. The van der Waals surface area contributed by atoms with Gasteiger partial charge in [0, 0.05) is 6.42 Å². The van der Waals surface area contributed by atoms with E-state index >= 15 is 0 Å². The summed E-state index contributed by atoms with van der Waals surface area (Å²) in [6.07, 6.45) is 0.133. The minimum atomic E-state index is -1.57. The van der Waals surface area contributed by atoms with E-state index in [0.29, 0.717) is 13.0 Å². The second-order valence-electron chi connectivity index (χ2n) is 7.94. The first-order valence-corrected chi connectivity index (χ1v) is 10.3. The summed E-state index contributed by atoms with van der Waals surface area (Å²) < 4.78 is 0. The van der Waals surface area contributed by atoms with Crippen LogP contribution >= 0.6 is 0 Å². The Labute approximate surface area is 184 Å². The number of carboxylic acid groups (broad SMARTS) is 2. The third-order valence-corrected chi connectivity index (χ3v) is 4.92. The van der Waals surface area contributed by atoms with Crippen molar-refractivity contribution in [2.24, 2.45) is 11.7 Å². The molecule has 0 bridgehead atoms. The van der Waals surface area contributed by atoms with E-state index in [0.717, 1.165) is 6.42 Å². The summed E-state index contributed by atoms with van der Waals surface area (Å²) in [4.78, 5) is 71.1. The maximum Gasteiger partial charge on any atom is 0.326 e. The minimum absolute atomic E-state index is 0.203. The van der Waals surface area contributed by atoms with Gasteiger partial charge in [0.25, 0.3) is 0 Å². The van der Waals surface area contributed by atoms with Gasteiger partial charge in [0.1, 0.15) is 18.1 Å². The summed E-state index contributed by atoms with van der Waals surface area (Å²) in [5.41, 5.74) is 5.00. The Hall–Kier alpha value is -3.22. The quantitative estimate of drug-likeness (QED) is 0.158. The fourth-order valence-corrected chi connectivity index (χ4v) is 3.17. The van der Waals surface area contributed by atoms with E-state index in [1.807, 2.05) is 0 Å². The summed E-state index contributed by atoms with van der Waals surface area (Å²) in [5.74, 6) is -6.15. The average molecular weight is 457 g/mol. The van der Waals surface area contributed by atoms with Crippen LogP contribution in [0.5, 0.6) is 0 Å². The number of hydrogen-bond acceptors (Lipinski definition) is 7. The van der Waals surface area contributed by atoms with Crippen molar-refractivity contribution < 1.29 is 39.0 Å². The van der Waals surface area contributed by atoms with Crippen LogP contribution in [0.15, 0.2) is 0 Å². The van der Waals surface area contributed by atoms with Gasteiger partial charge in [-0.3, -0.25) is 24.0 Å². The number of carbonyl (C=O) groups excluding carboxylic acids is 4. The number of hydrogen-bond donors (Lipinski definition) is 7. The van der Waals surface area contributed by atoms with E-state index in [-0.39, 0.29) is 6.42 Å². The molecule has 0 aromatic carbocycles. The molecule has 0 aromatic heterocycles. The Morgan fingerprint density at radius 1 is 1.00 bits per heavy atom. The van der Waals surface area contributed by atoms with E-state index in [1.54, 1.807) is 13.8 Å². The number of carbonyl (C=O) groups is 6. The van der Waals surface area contributed by atoms with E-state index in [4.69, 9.17) is 15.9 Å². The topological polar surface area (TPSA) is 217 Å². The molecule has 1 aliphatic heterocycles. The van der Waals surface area contributed by atoms with Crippen LogP contribution in [0.2, 0.25) is 0 Å². The number of amides is 4. The van der Waals surface area contributed by atoms with Crippen LogP contribution in [0.25, 0.3) is 0 Å². The van der Waals surface area contributed by atoms with Crippen LogP contribution in [-0.2, 0) is 28.8 Å². The zero-order valence-electron chi connectivity index (χ0n) is 18.1. The van der Waals surface area contributed by atoms with Gasteiger partial charge in [-0.25, -0.2) is 4.79 Å². The smallest absolute Gasteiger partial charge is 0.326 e. The summed E-state index contributed by atoms with van der Waals surface area (Å²) in [6, 6.07) is -4.49. The standard InChI is InChI=1S/C19H31N5O8/c1-9(2)15(18(30)23-12(19(31)32)8-13(20)25)24-17(29)11(5-6-14(26)27)22-16(28)10-4-3-7-21-10/h9-12,15,21H,3-8H2,1-2H3,(H2,20,25)(H,22,28)(H,23,30)(H,24,29)(H,26,27)(H,31,32). The first-order chi connectivity index (χ1) is 14.9. The molecule has 0 aromatic rings. The fraction of sp³-hybridized carbons (Fsp3) is 0.684. The maximum atomic E-state index is 12.8. The second kappa shape index (κ2) is 12.6. The fourth-order valence-electron chi connectivity index (χ4n) is 3.17. The van der Waals surface area contributed by atoms with Crippen molar-refractivity contribution >= 4 is 35.6 Å². The Morgan fingerprint density at radius 3 is 2.12 bits per heavy atom. The molecule has 180 valence electrons. The van der Waals surface area contributed by atoms with Crippen molar-refractivity contribution in [1.82, 2.24) is 21.3 Å². The lowest BCUT2D eigenvalue weighted by molar-refractivity contribution is -0.144. The number of nitrogens with two attached hydrogens (primary N) is 1. The van der Waals surface area contributed by atoms with E-state index in [9.17, 15) is 28.8 Å². The number of aliphatic carboxylic acids is 2. The van der Waals surface area contributed by atoms with Crippen LogP contribution in [0.1, 0.15) is 46.0 Å². The van der Waals surface area contributed by atoms with E-state index in [1.165, 1.54) is 0 Å². The number of primary amides is 1. The SMILES string of the molecule is CC(C)C(NC(=O)C(CCC(=O)O)NC(=O)C1CCCN1)C(=O)NC(CC(N)=O)C(=O)O. The van der Waals surface area contributed by atoms with Crippen LogP contribution < -0.4 is 27.0 Å². The second-order valence-corrected chi connectivity index (χ2v) is 7.94. The van der Waals surface area contributed by atoms with Crippen molar-refractivity contribution in [2.75, 3.05) is 6.54 Å². The highest BCUT2D eigenvalue weighted by atomic mass is 16.4. The van der Waals surface area contributed by atoms with E-state index < -0.39 is 78.5 Å². The Morgan fingerprint density at radius 2 is 1.66 bits per heavy atom. The van der Waals surface area contributed by atoms with Crippen LogP contribution in [-0.4, -0.2) is 76.5 Å². The van der Waals surface area contributed by atoms with Crippen molar-refractivity contribution in [3.63, 3.8) is 0 Å². The summed E-state index contributed by atoms with van der Waals surface area (Å²) >= 11 is 0. The summed E-state index contributed by atoms with van der Waals surface area (Å²) in [6.45, 7) is 3.85. The lowest BCUT2D eigenvalue weighted by Gasteiger charge is -2.26. The molecule has 4 atom stereocenters. The van der Waals surface area contributed by atoms with Crippen molar-refractivity contribution in [2.45, 2.75) is 70.1 Å². The molecule has 0 saturated carbocycles. The summed E-state index contributed by atoms with van der Waals surface area (Å²) in [5, 5.41) is 28.2. The highest BCUT2D eigenvalue weighted by Gasteiger charge is 2.33. The molecule has 4 unspecified atom stereocenters. The van der Waals surface area contributed by atoms with Crippen molar-refractivity contribution in [3.05, 3.63) is 0 Å². The first-order valence-electron chi connectivity index (χ1n) is 10.3. The Balaban J connectivity index is 2.91. The maximum absolute atomic E-state index is 12.8. The predicted molar refractivity (Wildman–Crippen MR) is 110 cm³/mol. The van der Waals surface area contributed by atoms with Gasteiger partial charge in [0.05, 0.1) is 12.5 Å². The van der Waals surface area contributed by atoms with Gasteiger partial charge in [-0.1, -0.05) is 13.8 Å². The molecule has 13 heteroatoms. The van der Waals surface area contributed by atoms with Gasteiger partial charge in [-0.15, -0.1) is 0 Å². The molecular weight excluding hydrogens is 426 g/mol. The Bertz CT molecular complexity index is 735. The highest BCUT2D eigenvalue weighted by Crippen LogP contribution is 2.09. The summed E-state index contributed by atoms with van der Waals surface area (Å²) in [7, 11) is 0. The zero-order chi connectivity index (χ0) is 24.4. The van der Waals surface area contributed by atoms with Crippen LogP contribution in [0, 0.1) is 5.92 Å². The predicted octanol–water partition coefficient (Wildman–Crippen LogP) is -2.33. The molecule has 32 heavy (non-hydrogen) atoms. The van der Waals surface area contributed by atoms with Crippen LogP contribution in [0.4, 0.5) is 0 Å². The van der Waals surface area contributed by atoms with Gasteiger partial charge in [-0.05, 0) is 31.7 Å². The largest absolute Gasteiger partial charge is 0.481 e. The molecule has 4 amide bonds. The van der Waals surface area contributed by atoms with Gasteiger partial charge >= 0.3 is 11.9 Å². The molecule has 0 spiro atoms. The zero-order valence-corrected chi connectivity index (χ0v) is 18.1. The van der Waals surface area contributed by atoms with Gasteiger partial charge in [0.2, 0.25) is 23.6 Å². The van der Waals surface area contributed by atoms with Gasteiger partial charge in [0.15, 0.2) is 0 Å². The normalized spacial score (nSPS) is 18.3. The molecule has 1 fully saturated rings.